The molecule has 0 aromatic carbocycles. The molecule has 6 nitrogen and oxygen atoms in total. The molecule has 1 atom stereocenters. The maximum absolute atomic E-state index is 12.9. The Labute approximate surface area is 149 Å². The van der Waals surface area contributed by atoms with E-state index in [0.29, 0.717) is 36.8 Å². The fourth-order valence-electron chi connectivity index (χ4n) is 3.98. The van der Waals surface area contributed by atoms with E-state index in [9.17, 15) is 4.79 Å². The van der Waals surface area contributed by atoms with Crippen LogP contribution < -0.4 is 5.32 Å². The molecule has 0 bridgehead atoms. The lowest BCUT2D eigenvalue weighted by atomic mass is 9.83. The first-order chi connectivity index (χ1) is 12.2. The first kappa shape index (κ1) is 17.0. The highest BCUT2D eigenvalue weighted by atomic mass is 16.5. The predicted octanol–water partition coefficient (Wildman–Crippen LogP) is 2.16. The summed E-state index contributed by atoms with van der Waals surface area (Å²) >= 11 is 0. The number of hydrogen-bond acceptors (Lipinski definition) is 5. The fourth-order valence-corrected chi connectivity index (χ4v) is 3.98. The average molecular weight is 347 g/mol. The molecule has 1 aromatic rings. The molecule has 6 heteroatoms. The number of ether oxygens (including phenoxy) is 1. The zero-order valence-electron chi connectivity index (χ0n) is 15.1. The number of nitrogens with one attached hydrogen (secondary N) is 1. The van der Waals surface area contributed by atoms with Gasteiger partial charge in [0.25, 0.3) is 0 Å². The van der Waals surface area contributed by atoms with Gasteiger partial charge < -0.3 is 19.4 Å². The van der Waals surface area contributed by atoms with Crippen molar-refractivity contribution in [2.24, 2.45) is 17.8 Å². The van der Waals surface area contributed by atoms with E-state index in [0.717, 1.165) is 50.8 Å². The van der Waals surface area contributed by atoms with Gasteiger partial charge in [-0.1, -0.05) is 6.92 Å². The Hall–Kier alpha value is -1.40. The smallest absolute Gasteiger partial charge is 0.227 e. The summed E-state index contributed by atoms with van der Waals surface area (Å²) in [4.78, 5) is 19.3. The number of likely N-dealkylation sites (tertiary alicyclic amines) is 1. The molecule has 1 saturated carbocycles. The van der Waals surface area contributed by atoms with E-state index in [1.54, 1.807) is 0 Å². The van der Waals surface area contributed by atoms with Gasteiger partial charge in [-0.2, -0.15) is 0 Å². The van der Waals surface area contributed by atoms with E-state index in [-0.39, 0.29) is 5.92 Å². The summed E-state index contributed by atoms with van der Waals surface area (Å²) in [6.07, 6.45) is 6.25. The van der Waals surface area contributed by atoms with Crippen molar-refractivity contribution in [3.05, 3.63) is 17.8 Å². The van der Waals surface area contributed by atoms with Crippen LogP contribution in [-0.2, 0) is 16.1 Å². The summed E-state index contributed by atoms with van der Waals surface area (Å²) in [7, 11) is 0. The van der Waals surface area contributed by atoms with Crippen LogP contribution in [0.4, 0.5) is 0 Å². The van der Waals surface area contributed by atoms with Crippen molar-refractivity contribution in [3.8, 4) is 0 Å². The van der Waals surface area contributed by atoms with Crippen LogP contribution in [0.15, 0.2) is 10.6 Å². The number of oxazole rings is 1. The lowest BCUT2D eigenvalue weighted by molar-refractivity contribution is -0.144. The molecule has 3 fully saturated rings. The normalized spacial score (nSPS) is 23.5. The number of carbonyl (C=O) groups is 1. The maximum Gasteiger partial charge on any atom is 0.227 e. The molecule has 1 amide bonds. The van der Waals surface area contributed by atoms with Crippen molar-refractivity contribution >= 4 is 5.91 Å². The van der Waals surface area contributed by atoms with Crippen LogP contribution in [0.2, 0.25) is 0 Å². The van der Waals surface area contributed by atoms with E-state index < -0.39 is 0 Å². The molecule has 3 heterocycles. The van der Waals surface area contributed by atoms with Crippen LogP contribution in [-0.4, -0.2) is 48.6 Å². The summed E-state index contributed by atoms with van der Waals surface area (Å²) in [5.74, 6) is 3.74. The number of amides is 1. The van der Waals surface area contributed by atoms with Gasteiger partial charge in [0.1, 0.15) is 5.76 Å². The Morgan fingerprint density at radius 3 is 2.76 bits per heavy atom. The Morgan fingerprint density at radius 1 is 1.32 bits per heavy atom. The number of carbonyl (C=O) groups excluding carboxylic acids is 1. The fraction of sp³-hybridized carbons (Fsp3) is 0.789. The predicted molar refractivity (Wildman–Crippen MR) is 93.0 cm³/mol. The van der Waals surface area contributed by atoms with Crippen LogP contribution in [0.25, 0.3) is 0 Å². The Bertz CT molecular complexity index is 586. The van der Waals surface area contributed by atoms with Gasteiger partial charge in [0, 0.05) is 38.8 Å². The minimum Gasteiger partial charge on any atom is -0.444 e. The third-order valence-corrected chi connectivity index (χ3v) is 5.72. The minimum absolute atomic E-state index is 0.0364. The monoisotopic (exact) mass is 347 g/mol. The summed E-state index contributed by atoms with van der Waals surface area (Å²) in [6, 6.07) is 0. The Kier molecular flexibility index (Phi) is 5.08. The Morgan fingerprint density at radius 2 is 2.08 bits per heavy atom. The number of rotatable bonds is 7. The van der Waals surface area contributed by atoms with Gasteiger partial charge in [0.05, 0.1) is 18.7 Å². The number of nitrogens with zero attached hydrogens (tertiary/aromatic N) is 2. The van der Waals surface area contributed by atoms with Gasteiger partial charge in [-0.05, 0) is 37.5 Å². The zero-order chi connectivity index (χ0) is 17.2. The standard InChI is InChI=1S/C19H29N3O3/c1-13-11-22(12-13)19(23)16(14-4-6-24-7-5-14)8-20-10-18-21-9-17(25-18)15-2-3-15/h9,13-16,20H,2-8,10-12H2,1H3. The molecule has 1 N–H and O–H groups in total. The molecular weight excluding hydrogens is 318 g/mol. The largest absolute Gasteiger partial charge is 0.444 e. The average Bonchev–Trinajstić information content (AvgIpc) is 3.35. The van der Waals surface area contributed by atoms with Crippen LogP contribution >= 0.6 is 0 Å². The van der Waals surface area contributed by atoms with Crippen LogP contribution in [0.3, 0.4) is 0 Å². The number of hydrogen-bond donors (Lipinski definition) is 1. The summed E-state index contributed by atoms with van der Waals surface area (Å²) < 4.78 is 11.3. The molecule has 25 heavy (non-hydrogen) atoms. The van der Waals surface area contributed by atoms with Crippen molar-refractivity contribution in [1.82, 2.24) is 15.2 Å². The van der Waals surface area contributed by atoms with Gasteiger partial charge in [0.2, 0.25) is 11.8 Å². The lowest BCUT2D eigenvalue weighted by Gasteiger charge is -2.41. The molecule has 2 aliphatic heterocycles. The lowest BCUT2D eigenvalue weighted by Crippen LogP contribution is -2.54. The highest BCUT2D eigenvalue weighted by molar-refractivity contribution is 5.80. The van der Waals surface area contributed by atoms with E-state index in [4.69, 9.17) is 9.15 Å². The molecule has 1 aliphatic carbocycles. The first-order valence-electron chi connectivity index (χ1n) is 9.72. The van der Waals surface area contributed by atoms with Crippen LogP contribution in [0, 0.1) is 17.8 Å². The van der Waals surface area contributed by atoms with E-state index in [1.165, 1.54) is 12.8 Å². The third-order valence-electron chi connectivity index (χ3n) is 5.72. The van der Waals surface area contributed by atoms with Crippen molar-refractivity contribution < 1.29 is 13.9 Å². The summed E-state index contributed by atoms with van der Waals surface area (Å²) in [5.41, 5.74) is 0. The maximum atomic E-state index is 12.9. The molecule has 3 aliphatic rings. The van der Waals surface area contributed by atoms with Gasteiger partial charge in [-0.3, -0.25) is 4.79 Å². The SMILES string of the molecule is CC1CN(C(=O)C(CNCc2ncc(C3CC3)o2)C2CCOCC2)C1. The van der Waals surface area contributed by atoms with Gasteiger partial charge in [-0.15, -0.1) is 0 Å². The van der Waals surface area contributed by atoms with Crippen molar-refractivity contribution in [3.63, 3.8) is 0 Å². The van der Waals surface area contributed by atoms with Crippen molar-refractivity contribution in [2.75, 3.05) is 32.8 Å². The van der Waals surface area contributed by atoms with Gasteiger partial charge >= 0.3 is 0 Å². The molecule has 1 unspecified atom stereocenters. The molecular formula is C19H29N3O3. The zero-order valence-corrected chi connectivity index (χ0v) is 15.1. The van der Waals surface area contributed by atoms with Crippen LogP contribution in [0.5, 0.6) is 0 Å². The molecule has 138 valence electrons. The second kappa shape index (κ2) is 7.46. The van der Waals surface area contributed by atoms with E-state index in [2.05, 4.69) is 17.2 Å². The highest BCUT2D eigenvalue weighted by Gasteiger charge is 2.36. The molecule has 0 radical (unpaired) electrons. The van der Waals surface area contributed by atoms with E-state index in [1.807, 2.05) is 11.1 Å². The first-order valence-corrected chi connectivity index (χ1v) is 9.72. The number of aromatic nitrogens is 1. The highest BCUT2D eigenvalue weighted by Crippen LogP contribution is 2.40. The van der Waals surface area contributed by atoms with Crippen LogP contribution in [0.1, 0.15) is 50.2 Å². The van der Waals surface area contributed by atoms with Gasteiger partial charge in [-0.25, -0.2) is 4.98 Å². The molecule has 0 spiro atoms. The second-order valence-corrected chi connectivity index (χ2v) is 7.97. The third kappa shape index (κ3) is 4.06. The topological polar surface area (TPSA) is 67.6 Å². The van der Waals surface area contributed by atoms with E-state index >= 15 is 0 Å². The molecule has 2 saturated heterocycles. The summed E-state index contributed by atoms with van der Waals surface area (Å²) in [5, 5.41) is 3.42. The Balaban J connectivity index is 1.32. The minimum atomic E-state index is 0.0364. The summed E-state index contributed by atoms with van der Waals surface area (Å²) in [6.45, 7) is 6.84. The van der Waals surface area contributed by atoms with Crippen molar-refractivity contribution in [2.45, 2.75) is 45.1 Å². The second-order valence-electron chi connectivity index (χ2n) is 7.97. The molecule has 4 rings (SSSR count). The molecule has 1 aromatic heterocycles. The quantitative estimate of drug-likeness (QED) is 0.819. The van der Waals surface area contributed by atoms with Gasteiger partial charge in [0.15, 0.2) is 0 Å². The van der Waals surface area contributed by atoms with Crippen molar-refractivity contribution in [1.29, 1.82) is 0 Å².